The topological polar surface area (TPSA) is 35.8 Å². The third-order valence-electron chi connectivity index (χ3n) is 2.68. The summed E-state index contributed by atoms with van der Waals surface area (Å²) in [7, 11) is 0. The van der Waals surface area contributed by atoms with Gasteiger partial charge in [0, 0.05) is 10.2 Å². The van der Waals surface area contributed by atoms with E-state index in [2.05, 4.69) is 27.3 Å². The van der Waals surface area contributed by atoms with Gasteiger partial charge in [0.25, 0.3) is 0 Å². The lowest BCUT2D eigenvalue weighted by Crippen LogP contribution is -2.08. The van der Waals surface area contributed by atoms with Crippen LogP contribution in [0, 0.1) is 18.3 Å². The largest absolute Gasteiger partial charge is 0.366 e. The minimum Gasteiger partial charge on any atom is -0.366 e. The van der Waals surface area contributed by atoms with Crippen LogP contribution in [-0.2, 0) is 0 Å². The van der Waals surface area contributed by atoms with Crippen molar-refractivity contribution in [3.8, 4) is 6.07 Å². The van der Waals surface area contributed by atoms with Gasteiger partial charge in [-0.15, -0.1) is 0 Å². The predicted octanol–water partition coefficient (Wildman–Crippen LogP) is 4.43. The molecule has 0 saturated carbocycles. The van der Waals surface area contributed by atoms with E-state index in [4.69, 9.17) is 0 Å². The summed E-state index contributed by atoms with van der Waals surface area (Å²) in [5.74, 6) is 0. The number of anilines is 1. The zero-order chi connectivity index (χ0) is 13.0. The molecule has 0 saturated heterocycles. The molecule has 0 aliphatic rings. The lowest BCUT2D eigenvalue weighted by atomic mass is 10.1. The number of halogens is 1. The van der Waals surface area contributed by atoms with Crippen LogP contribution in [-0.4, -0.2) is 0 Å². The number of nitrogens with zero attached hydrogens (tertiary/aromatic N) is 1. The van der Waals surface area contributed by atoms with Gasteiger partial charge in [-0.05, 0) is 30.7 Å². The smallest absolute Gasteiger partial charge is 0.140 e. The van der Waals surface area contributed by atoms with Crippen molar-refractivity contribution in [2.45, 2.75) is 13.0 Å². The highest BCUT2D eigenvalue weighted by atomic mass is 79.9. The zero-order valence-corrected chi connectivity index (χ0v) is 11.6. The molecular formula is C15H13BrN2. The molecule has 18 heavy (non-hydrogen) atoms. The Morgan fingerprint density at radius 2 is 1.89 bits per heavy atom. The molecule has 1 unspecified atom stereocenters. The summed E-state index contributed by atoms with van der Waals surface area (Å²) in [5, 5.41) is 12.5. The SMILES string of the molecule is Cc1ccc(C(C#N)Nc2cccc(Br)c2)cc1. The van der Waals surface area contributed by atoms with Crippen LogP contribution in [0.2, 0.25) is 0 Å². The monoisotopic (exact) mass is 300 g/mol. The van der Waals surface area contributed by atoms with E-state index in [9.17, 15) is 5.26 Å². The Bertz CT molecular complexity index is 570. The lowest BCUT2D eigenvalue weighted by Gasteiger charge is -2.13. The van der Waals surface area contributed by atoms with Crippen LogP contribution in [0.15, 0.2) is 53.0 Å². The van der Waals surface area contributed by atoms with Crippen molar-refractivity contribution in [1.82, 2.24) is 0 Å². The third-order valence-corrected chi connectivity index (χ3v) is 3.17. The molecule has 90 valence electrons. The number of aryl methyl sites for hydroxylation is 1. The first kappa shape index (κ1) is 12.7. The summed E-state index contributed by atoms with van der Waals surface area (Å²) < 4.78 is 0.994. The third kappa shape index (κ3) is 3.12. The van der Waals surface area contributed by atoms with Crippen LogP contribution in [0.25, 0.3) is 0 Å². The van der Waals surface area contributed by atoms with E-state index in [0.29, 0.717) is 0 Å². The zero-order valence-electron chi connectivity index (χ0n) is 10.0. The summed E-state index contributed by atoms with van der Waals surface area (Å²) in [5.41, 5.74) is 3.09. The molecule has 0 spiro atoms. The molecule has 0 aromatic heterocycles. The fourth-order valence-corrected chi connectivity index (χ4v) is 2.09. The minimum absolute atomic E-state index is 0.333. The first-order valence-electron chi connectivity index (χ1n) is 5.67. The van der Waals surface area contributed by atoms with E-state index in [1.807, 2.05) is 55.5 Å². The van der Waals surface area contributed by atoms with Crippen LogP contribution in [0.4, 0.5) is 5.69 Å². The first-order chi connectivity index (χ1) is 8.69. The van der Waals surface area contributed by atoms with Gasteiger partial charge in [-0.25, -0.2) is 0 Å². The molecule has 0 amide bonds. The number of benzene rings is 2. The number of rotatable bonds is 3. The van der Waals surface area contributed by atoms with Gasteiger partial charge in [0.2, 0.25) is 0 Å². The van der Waals surface area contributed by atoms with Gasteiger partial charge in [-0.3, -0.25) is 0 Å². The minimum atomic E-state index is -0.333. The molecule has 3 heteroatoms. The maximum absolute atomic E-state index is 9.26. The Labute approximate surface area is 115 Å². The maximum atomic E-state index is 9.26. The maximum Gasteiger partial charge on any atom is 0.140 e. The molecule has 0 aliphatic heterocycles. The van der Waals surface area contributed by atoms with E-state index in [1.54, 1.807) is 0 Å². The summed E-state index contributed by atoms with van der Waals surface area (Å²) in [4.78, 5) is 0. The molecule has 2 rings (SSSR count). The molecule has 0 aliphatic carbocycles. The van der Waals surface area contributed by atoms with E-state index in [-0.39, 0.29) is 6.04 Å². The molecule has 2 aromatic carbocycles. The number of nitriles is 1. The average Bonchev–Trinajstić information content (AvgIpc) is 2.37. The van der Waals surface area contributed by atoms with Crippen molar-refractivity contribution in [3.05, 3.63) is 64.1 Å². The summed E-state index contributed by atoms with van der Waals surface area (Å²) in [6.07, 6.45) is 0. The molecule has 2 nitrogen and oxygen atoms in total. The Balaban J connectivity index is 2.20. The van der Waals surface area contributed by atoms with Crippen molar-refractivity contribution in [2.24, 2.45) is 0 Å². The van der Waals surface area contributed by atoms with Crippen LogP contribution < -0.4 is 5.32 Å². The molecular weight excluding hydrogens is 288 g/mol. The molecule has 0 fully saturated rings. The number of nitrogens with one attached hydrogen (secondary N) is 1. The van der Waals surface area contributed by atoms with Gasteiger partial charge < -0.3 is 5.32 Å². The van der Waals surface area contributed by atoms with E-state index < -0.39 is 0 Å². The van der Waals surface area contributed by atoms with Gasteiger partial charge in [0.15, 0.2) is 0 Å². The Kier molecular flexibility index (Phi) is 4.01. The van der Waals surface area contributed by atoms with Crippen molar-refractivity contribution in [3.63, 3.8) is 0 Å². The second-order valence-corrected chi connectivity index (χ2v) is 5.04. The van der Waals surface area contributed by atoms with E-state index in [1.165, 1.54) is 5.56 Å². The quantitative estimate of drug-likeness (QED) is 0.910. The molecule has 2 aromatic rings. The van der Waals surface area contributed by atoms with Gasteiger partial charge in [0.05, 0.1) is 6.07 Å². The second-order valence-electron chi connectivity index (χ2n) is 4.13. The van der Waals surface area contributed by atoms with Gasteiger partial charge in [-0.2, -0.15) is 5.26 Å². The number of hydrogen-bond donors (Lipinski definition) is 1. The van der Waals surface area contributed by atoms with E-state index >= 15 is 0 Å². The Morgan fingerprint density at radius 3 is 2.50 bits per heavy atom. The lowest BCUT2D eigenvalue weighted by molar-refractivity contribution is 0.996. The first-order valence-corrected chi connectivity index (χ1v) is 6.46. The molecule has 0 heterocycles. The average molecular weight is 301 g/mol. The number of hydrogen-bond acceptors (Lipinski definition) is 2. The summed E-state index contributed by atoms with van der Waals surface area (Å²) in [6, 6.07) is 17.7. The second kappa shape index (κ2) is 5.70. The summed E-state index contributed by atoms with van der Waals surface area (Å²) >= 11 is 3.42. The molecule has 1 atom stereocenters. The molecule has 0 bridgehead atoms. The normalized spacial score (nSPS) is 11.6. The van der Waals surface area contributed by atoms with Crippen LogP contribution in [0.5, 0.6) is 0 Å². The van der Waals surface area contributed by atoms with Crippen LogP contribution >= 0.6 is 15.9 Å². The van der Waals surface area contributed by atoms with Gasteiger partial charge >= 0.3 is 0 Å². The van der Waals surface area contributed by atoms with Crippen molar-refractivity contribution < 1.29 is 0 Å². The van der Waals surface area contributed by atoms with Crippen molar-refractivity contribution in [1.29, 1.82) is 5.26 Å². The van der Waals surface area contributed by atoms with Gasteiger partial charge in [-0.1, -0.05) is 51.8 Å². The standard InChI is InChI=1S/C15H13BrN2/c1-11-5-7-12(8-6-11)15(10-17)18-14-4-2-3-13(16)9-14/h2-9,15,18H,1H3. The van der Waals surface area contributed by atoms with E-state index in [0.717, 1.165) is 15.7 Å². The highest BCUT2D eigenvalue weighted by Gasteiger charge is 2.09. The fraction of sp³-hybridized carbons (Fsp3) is 0.133. The van der Waals surface area contributed by atoms with Crippen molar-refractivity contribution >= 4 is 21.6 Å². The predicted molar refractivity (Wildman–Crippen MR) is 77.3 cm³/mol. The Morgan fingerprint density at radius 1 is 1.17 bits per heavy atom. The van der Waals surface area contributed by atoms with Crippen molar-refractivity contribution in [2.75, 3.05) is 5.32 Å². The van der Waals surface area contributed by atoms with Crippen LogP contribution in [0.1, 0.15) is 17.2 Å². The fourth-order valence-electron chi connectivity index (χ4n) is 1.69. The highest BCUT2D eigenvalue weighted by Crippen LogP contribution is 2.22. The molecule has 0 radical (unpaired) electrons. The summed E-state index contributed by atoms with van der Waals surface area (Å²) in [6.45, 7) is 2.03. The van der Waals surface area contributed by atoms with Crippen LogP contribution in [0.3, 0.4) is 0 Å². The van der Waals surface area contributed by atoms with Gasteiger partial charge in [0.1, 0.15) is 6.04 Å². The Hall–Kier alpha value is -1.79. The highest BCUT2D eigenvalue weighted by molar-refractivity contribution is 9.10. The molecule has 1 N–H and O–H groups in total.